The first kappa shape index (κ1) is 20.8. The van der Waals surface area contributed by atoms with Crippen molar-refractivity contribution in [2.24, 2.45) is 0 Å². The molecule has 1 aromatic heterocycles. The van der Waals surface area contributed by atoms with Crippen molar-refractivity contribution in [2.75, 3.05) is 13.7 Å². The highest BCUT2D eigenvalue weighted by molar-refractivity contribution is 7.89. The van der Waals surface area contributed by atoms with Gasteiger partial charge in [0.15, 0.2) is 0 Å². The number of H-pyrrole nitrogens is 1. The largest absolute Gasteiger partial charge is 0.497 e. The molecule has 1 unspecified atom stereocenters. The highest BCUT2D eigenvalue weighted by Gasteiger charge is 2.43. The number of nitrogens with zero attached hydrogens (tertiary/aromatic N) is 2. The van der Waals surface area contributed by atoms with Crippen molar-refractivity contribution in [2.45, 2.75) is 17.4 Å². The van der Waals surface area contributed by atoms with Gasteiger partial charge in [-0.1, -0.05) is 18.2 Å². The zero-order valence-electron chi connectivity index (χ0n) is 16.5. The molecule has 0 radical (unpaired) electrons. The molecule has 0 fully saturated rings. The van der Waals surface area contributed by atoms with Gasteiger partial charge < -0.3 is 4.74 Å². The number of para-hydroxylation sites is 1. The maximum atomic E-state index is 13.3. The van der Waals surface area contributed by atoms with E-state index in [0.717, 1.165) is 4.31 Å². The smallest absolute Gasteiger partial charge is 0.276 e. The zero-order valence-corrected chi connectivity index (χ0v) is 17.3. The van der Waals surface area contributed by atoms with Gasteiger partial charge in [-0.2, -0.15) is 4.31 Å². The number of benzene rings is 2. The molecule has 3 N–H and O–H groups in total. The Kier molecular flexibility index (Phi) is 5.39. The Hall–Kier alpha value is -3.41. The molecule has 31 heavy (non-hydrogen) atoms. The van der Waals surface area contributed by atoms with Crippen molar-refractivity contribution >= 4 is 15.9 Å². The van der Waals surface area contributed by atoms with Gasteiger partial charge in [-0.25, -0.2) is 18.6 Å². The van der Waals surface area contributed by atoms with E-state index in [2.05, 4.69) is 5.10 Å². The Bertz CT molecular complexity index is 1270. The van der Waals surface area contributed by atoms with Gasteiger partial charge in [-0.05, 0) is 36.4 Å². The van der Waals surface area contributed by atoms with Gasteiger partial charge in [-0.15, -0.1) is 0 Å². The molecule has 11 heteroatoms. The van der Waals surface area contributed by atoms with Crippen LogP contribution in [-0.2, 0) is 21.2 Å². The van der Waals surface area contributed by atoms with Gasteiger partial charge >= 0.3 is 0 Å². The molecule has 0 aliphatic carbocycles. The highest BCUT2D eigenvalue weighted by atomic mass is 32.2. The van der Waals surface area contributed by atoms with E-state index in [4.69, 9.17) is 4.74 Å². The van der Waals surface area contributed by atoms with Crippen LogP contribution in [0.3, 0.4) is 0 Å². The van der Waals surface area contributed by atoms with Crippen LogP contribution in [0.25, 0.3) is 5.69 Å². The first-order valence-electron chi connectivity index (χ1n) is 9.37. The van der Waals surface area contributed by atoms with Crippen molar-refractivity contribution in [3.05, 3.63) is 76.2 Å². The monoisotopic (exact) mass is 444 g/mol. The lowest BCUT2D eigenvalue weighted by atomic mass is 10.0. The number of methoxy groups -OCH3 is 1. The number of rotatable bonds is 5. The number of hydroxylamine groups is 1. The Morgan fingerprint density at radius 2 is 1.84 bits per heavy atom. The Balaban J connectivity index is 1.83. The number of hydrogen-bond donors (Lipinski definition) is 3. The predicted octanol–water partition coefficient (Wildman–Crippen LogP) is 0.968. The summed E-state index contributed by atoms with van der Waals surface area (Å²) in [6.07, 6.45) is 0.189. The number of fused-ring (bicyclic) bond motifs is 1. The number of amides is 1. The Morgan fingerprint density at radius 3 is 2.45 bits per heavy atom. The molecule has 3 aromatic rings. The summed E-state index contributed by atoms with van der Waals surface area (Å²) in [6, 6.07) is 12.9. The lowest BCUT2D eigenvalue weighted by Gasteiger charge is -2.32. The van der Waals surface area contributed by atoms with Crippen LogP contribution in [0.4, 0.5) is 0 Å². The van der Waals surface area contributed by atoms with Gasteiger partial charge in [0.05, 0.1) is 23.3 Å². The van der Waals surface area contributed by atoms with E-state index in [9.17, 15) is 23.2 Å². The standard InChI is InChI=1S/C20H20N4O6S/c1-30-14-7-9-15(10-8-14)31(28,29)23-12-11-16-17(18(23)19(25)22-27)20(26)24(21-16)13-5-3-2-4-6-13/h2-10,18,21,27H,11-12H2,1H3,(H,22,25). The minimum atomic E-state index is -4.16. The van der Waals surface area contributed by atoms with Crippen LogP contribution in [0.15, 0.2) is 64.3 Å². The molecule has 1 atom stereocenters. The van der Waals surface area contributed by atoms with E-state index in [1.165, 1.54) is 41.5 Å². The number of hydrogen-bond acceptors (Lipinski definition) is 6. The summed E-state index contributed by atoms with van der Waals surface area (Å²) in [5, 5.41) is 12.3. The number of carbonyl (C=O) groups is 1. The third kappa shape index (κ3) is 3.52. The third-order valence-corrected chi connectivity index (χ3v) is 7.07. The van der Waals surface area contributed by atoms with Crippen LogP contribution in [0, 0.1) is 0 Å². The summed E-state index contributed by atoms with van der Waals surface area (Å²) in [7, 11) is -2.70. The topological polar surface area (TPSA) is 134 Å². The second kappa shape index (κ2) is 8.02. The van der Waals surface area contributed by atoms with Crippen molar-refractivity contribution in [1.82, 2.24) is 19.6 Å². The number of carbonyl (C=O) groups excluding carboxylic acids is 1. The number of aromatic nitrogens is 2. The normalized spacial score (nSPS) is 16.5. The van der Waals surface area contributed by atoms with Crippen LogP contribution in [0.2, 0.25) is 0 Å². The average Bonchev–Trinajstić information content (AvgIpc) is 3.15. The van der Waals surface area contributed by atoms with Crippen molar-refractivity contribution in [3.8, 4) is 11.4 Å². The minimum absolute atomic E-state index is 0.0289. The molecule has 0 saturated heterocycles. The summed E-state index contributed by atoms with van der Waals surface area (Å²) in [5.74, 6) is -0.546. The fourth-order valence-electron chi connectivity index (χ4n) is 3.69. The van der Waals surface area contributed by atoms with Crippen LogP contribution < -0.4 is 15.8 Å². The van der Waals surface area contributed by atoms with Crippen molar-refractivity contribution in [3.63, 3.8) is 0 Å². The quantitative estimate of drug-likeness (QED) is 0.397. The molecule has 0 spiro atoms. The molecule has 1 aliphatic rings. The third-order valence-electron chi connectivity index (χ3n) is 5.19. The van der Waals surface area contributed by atoms with Crippen molar-refractivity contribution < 1.29 is 23.2 Å². The van der Waals surface area contributed by atoms with Crippen LogP contribution in [0.5, 0.6) is 5.75 Å². The SMILES string of the molecule is COc1ccc(S(=O)(=O)N2CCc3[nH]n(-c4ccccc4)c(=O)c3C2C(=O)NO)cc1. The number of ether oxygens (including phenoxy) is 1. The molecule has 1 amide bonds. The Labute approximate surface area is 177 Å². The minimum Gasteiger partial charge on any atom is -0.497 e. The van der Waals surface area contributed by atoms with E-state index in [0.29, 0.717) is 17.1 Å². The lowest BCUT2D eigenvalue weighted by Crippen LogP contribution is -2.48. The van der Waals surface area contributed by atoms with Gasteiger partial charge in [0.1, 0.15) is 11.8 Å². The molecule has 4 rings (SSSR count). The fraction of sp³-hybridized carbons (Fsp3) is 0.200. The maximum Gasteiger partial charge on any atom is 0.276 e. The van der Waals surface area contributed by atoms with Crippen molar-refractivity contribution in [1.29, 1.82) is 0 Å². The second-order valence-electron chi connectivity index (χ2n) is 6.90. The van der Waals surface area contributed by atoms with Gasteiger partial charge in [0.25, 0.3) is 11.5 Å². The molecule has 0 saturated carbocycles. The first-order chi connectivity index (χ1) is 14.9. The lowest BCUT2D eigenvalue weighted by molar-refractivity contribution is -0.133. The summed E-state index contributed by atoms with van der Waals surface area (Å²) in [5.41, 5.74) is 1.87. The molecule has 2 heterocycles. The van der Waals surface area contributed by atoms with E-state index in [-0.39, 0.29) is 23.4 Å². The summed E-state index contributed by atoms with van der Waals surface area (Å²) in [4.78, 5) is 25.7. The van der Waals surface area contributed by atoms with Gasteiger partial charge in [0, 0.05) is 18.7 Å². The van der Waals surface area contributed by atoms with Crippen LogP contribution >= 0.6 is 0 Å². The molecule has 162 valence electrons. The fourth-order valence-corrected chi connectivity index (χ4v) is 5.25. The summed E-state index contributed by atoms with van der Waals surface area (Å²) < 4.78 is 33.9. The summed E-state index contributed by atoms with van der Waals surface area (Å²) >= 11 is 0. The molecule has 10 nitrogen and oxygen atoms in total. The molecule has 0 bridgehead atoms. The summed E-state index contributed by atoms with van der Waals surface area (Å²) in [6.45, 7) is -0.0613. The van der Waals surface area contributed by atoms with Crippen LogP contribution in [-0.4, -0.2) is 47.3 Å². The van der Waals surface area contributed by atoms with E-state index >= 15 is 0 Å². The van der Waals surface area contributed by atoms with Crippen LogP contribution in [0.1, 0.15) is 17.3 Å². The average molecular weight is 444 g/mol. The van der Waals surface area contributed by atoms with E-state index in [1.54, 1.807) is 30.3 Å². The molecule has 1 aliphatic heterocycles. The number of sulfonamides is 1. The molecular formula is C20H20N4O6S. The maximum absolute atomic E-state index is 13.3. The predicted molar refractivity (Wildman–Crippen MR) is 110 cm³/mol. The van der Waals surface area contributed by atoms with Gasteiger partial charge in [-0.3, -0.25) is 19.9 Å². The van der Waals surface area contributed by atoms with E-state index in [1.807, 2.05) is 0 Å². The highest BCUT2D eigenvalue weighted by Crippen LogP contribution is 2.33. The van der Waals surface area contributed by atoms with E-state index < -0.39 is 27.5 Å². The van der Waals surface area contributed by atoms with Gasteiger partial charge in [0.2, 0.25) is 10.0 Å². The number of aromatic amines is 1. The number of nitrogens with one attached hydrogen (secondary N) is 2. The Morgan fingerprint density at radius 1 is 1.16 bits per heavy atom. The first-order valence-corrected chi connectivity index (χ1v) is 10.8. The molecule has 2 aromatic carbocycles. The second-order valence-corrected chi connectivity index (χ2v) is 8.79. The molecular weight excluding hydrogens is 424 g/mol. The zero-order chi connectivity index (χ0) is 22.2.